The standard InChI is InChI=1S/C11H21N3O2/c1-8-6-13-7-10(16-8)11(15)14-4-2-9(12)3-5-14/h8-10,13H,2-7,12H2,1H3/t8-,10-/m1/s1. The Balaban J connectivity index is 1.86. The van der Waals surface area contributed by atoms with Crippen molar-refractivity contribution in [1.29, 1.82) is 0 Å². The second kappa shape index (κ2) is 5.12. The monoisotopic (exact) mass is 227 g/mol. The SMILES string of the molecule is C[C@@H]1CNC[C@H](C(=O)N2CCC(N)CC2)O1. The molecule has 2 aliphatic heterocycles. The lowest BCUT2D eigenvalue weighted by atomic mass is 10.1. The van der Waals surface area contributed by atoms with E-state index in [-0.39, 0.29) is 24.2 Å². The Morgan fingerprint density at radius 2 is 2.06 bits per heavy atom. The molecule has 0 aliphatic carbocycles. The minimum Gasteiger partial charge on any atom is -0.363 e. The zero-order valence-electron chi connectivity index (χ0n) is 9.82. The third-order valence-electron chi connectivity index (χ3n) is 3.28. The van der Waals surface area contributed by atoms with E-state index in [4.69, 9.17) is 10.5 Å². The Bertz CT molecular complexity index is 252. The quantitative estimate of drug-likeness (QED) is 0.622. The largest absolute Gasteiger partial charge is 0.363 e. The zero-order chi connectivity index (χ0) is 11.5. The van der Waals surface area contributed by atoms with Crippen LogP contribution < -0.4 is 11.1 Å². The lowest BCUT2D eigenvalue weighted by Gasteiger charge is -2.35. The van der Waals surface area contributed by atoms with Crippen LogP contribution in [0.15, 0.2) is 0 Å². The molecule has 0 unspecified atom stereocenters. The van der Waals surface area contributed by atoms with E-state index in [2.05, 4.69) is 5.32 Å². The summed E-state index contributed by atoms with van der Waals surface area (Å²) in [4.78, 5) is 14.0. The lowest BCUT2D eigenvalue weighted by molar-refractivity contribution is -0.150. The fourth-order valence-corrected chi connectivity index (χ4v) is 2.26. The minimum absolute atomic E-state index is 0.117. The van der Waals surface area contributed by atoms with Crippen LogP contribution in [0.4, 0.5) is 0 Å². The van der Waals surface area contributed by atoms with Crippen molar-refractivity contribution in [3.05, 3.63) is 0 Å². The zero-order valence-corrected chi connectivity index (χ0v) is 9.82. The van der Waals surface area contributed by atoms with E-state index >= 15 is 0 Å². The van der Waals surface area contributed by atoms with Crippen LogP contribution in [0, 0.1) is 0 Å². The third-order valence-corrected chi connectivity index (χ3v) is 3.28. The Hall–Kier alpha value is -0.650. The molecule has 0 aromatic heterocycles. The van der Waals surface area contributed by atoms with Gasteiger partial charge in [0.1, 0.15) is 6.10 Å². The van der Waals surface area contributed by atoms with Crippen LogP contribution in [0.5, 0.6) is 0 Å². The number of morpholine rings is 1. The van der Waals surface area contributed by atoms with Gasteiger partial charge in [0.05, 0.1) is 6.10 Å². The van der Waals surface area contributed by atoms with Gasteiger partial charge in [0, 0.05) is 32.2 Å². The van der Waals surface area contributed by atoms with Crippen molar-refractivity contribution in [3.8, 4) is 0 Å². The van der Waals surface area contributed by atoms with Crippen LogP contribution in [-0.4, -0.2) is 55.2 Å². The van der Waals surface area contributed by atoms with Gasteiger partial charge < -0.3 is 20.7 Å². The van der Waals surface area contributed by atoms with Crippen LogP contribution in [0.1, 0.15) is 19.8 Å². The number of hydrogen-bond donors (Lipinski definition) is 2. The van der Waals surface area contributed by atoms with E-state index in [1.54, 1.807) is 0 Å². The van der Waals surface area contributed by atoms with Gasteiger partial charge in [-0.2, -0.15) is 0 Å². The number of nitrogens with one attached hydrogen (secondary N) is 1. The van der Waals surface area contributed by atoms with Crippen LogP contribution in [0.2, 0.25) is 0 Å². The van der Waals surface area contributed by atoms with Gasteiger partial charge in [0.25, 0.3) is 5.91 Å². The van der Waals surface area contributed by atoms with E-state index in [9.17, 15) is 4.79 Å². The molecule has 2 atom stereocenters. The number of rotatable bonds is 1. The second-order valence-electron chi connectivity index (χ2n) is 4.76. The number of amides is 1. The van der Waals surface area contributed by atoms with Gasteiger partial charge in [-0.3, -0.25) is 4.79 Å². The topological polar surface area (TPSA) is 67.6 Å². The van der Waals surface area contributed by atoms with Crippen molar-refractivity contribution in [2.75, 3.05) is 26.2 Å². The molecule has 0 aromatic rings. The number of carbonyl (C=O) groups excluding carboxylic acids is 1. The smallest absolute Gasteiger partial charge is 0.253 e. The molecular weight excluding hydrogens is 206 g/mol. The molecule has 2 rings (SSSR count). The highest BCUT2D eigenvalue weighted by Gasteiger charge is 2.30. The van der Waals surface area contributed by atoms with Crippen molar-refractivity contribution in [3.63, 3.8) is 0 Å². The lowest BCUT2D eigenvalue weighted by Crippen LogP contribution is -2.54. The molecule has 92 valence electrons. The number of likely N-dealkylation sites (tertiary alicyclic amines) is 1. The minimum atomic E-state index is -0.307. The van der Waals surface area contributed by atoms with Crippen molar-refractivity contribution >= 4 is 5.91 Å². The van der Waals surface area contributed by atoms with Crippen molar-refractivity contribution in [2.45, 2.75) is 38.0 Å². The summed E-state index contributed by atoms with van der Waals surface area (Å²) in [6.07, 6.45) is 1.62. The number of ether oxygens (including phenoxy) is 1. The average molecular weight is 227 g/mol. The highest BCUT2D eigenvalue weighted by Crippen LogP contribution is 2.13. The third kappa shape index (κ3) is 2.72. The Kier molecular flexibility index (Phi) is 3.78. The van der Waals surface area contributed by atoms with Crippen LogP contribution >= 0.6 is 0 Å². The fraction of sp³-hybridized carbons (Fsp3) is 0.909. The van der Waals surface area contributed by atoms with Gasteiger partial charge in [-0.05, 0) is 19.8 Å². The molecule has 0 aromatic carbocycles. The average Bonchev–Trinajstić information content (AvgIpc) is 2.29. The van der Waals surface area contributed by atoms with Crippen LogP contribution in [-0.2, 0) is 9.53 Å². The molecule has 3 N–H and O–H groups in total. The highest BCUT2D eigenvalue weighted by atomic mass is 16.5. The summed E-state index contributed by atoms with van der Waals surface area (Å²) in [5, 5.41) is 3.22. The Morgan fingerprint density at radius 1 is 1.38 bits per heavy atom. The molecule has 2 saturated heterocycles. The van der Waals surface area contributed by atoms with Gasteiger partial charge in [-0.15, -0.1) is 0 Å². The van der Waals surface area contributed by atoms with E-state index in [1.165, 1.54) is 0 Å². The highest BCUT2D eigenvalue weighted by molar-refractivity contribution is 5.81. The summed E-state index contributed by atoms with van der Waals surface area (Å²) in [5.74, 6) is 0.117. The molecule has 2 heterocycles. The van der Waals surface area contributed by atoms with Crippen molar-refractivity contribution in [2.24, 2.45) is 5.73 Å². The molecule has 0 spiro atoms. The van der Waals surface area contributed by atoms with Crippen molar-refractivity contribution < 1.29 is 9.53 Å². The Morgan fingerprint density at radius 3 is 2.69 bits per heavy atom. The van der Waals surface area contributed by atoms with E-state index in [0.717, 1.165) is 32.5 Å². The molecule has 2 aliphatic rings. The summed E-state index contributed by atoms with van der Waals surface area (Å²) in [7, 11) is 0. The van der Waals surface area contributed by atoms with E-state index in [1.807, 2.05) is 11.8 Å². The first-order chi connectivity index (χ1) is 7.66. The van der Waals surface area contributed by atoms with Gasteiger partial charge in [-0.1, -0.05) is 0 Å². The number of nitrogens with zero attached hydrogens (tertiary/aromatic N) is 1. The van der Waals surface area contributed by atoms with Gasteiger partial charge in [0.15, 0.2) is 0 Å². The maximum absolute atomic E-state index is 12.1. The predicted octanol–water partition coefficient (Wildman–Crippen LogP) is -0.687. The predicted molar refractivity (Wildman–Crippen MR) is 61.0 cm³/mol. The van der Waals surface area contributed by atoms with Crippen molar-refractivity contribution in [1.82, 2.24) is 10.2 Å². The van der Waals surface area contributed by atoms with Gasteiger partial charge >= 0.3 is 0 Å². The van der Waals surface area contributed by atoms with E-state index in [0.29, 0.717) is 6.54 Å². The first-order valence-electron chi connectivity index (χ1n) is 6.07. The summed E-state index contributed by atoms with van der Waals surface area (Å²) >= 11 is 0. The number of carbonyl (C=O) groups is 1. The molecule has 0 bridgehead atoms. The molecule has 2 fully saturated rings. The molecule has 5 nitrogen and oxygen atoms in total. The first kappa shape index (κ1) is 11.8. The maximum atomic E-state index is 12.1. The summed E-state index contributed by atoms with van der Waals surface area (Å²) < 4.78 is 5.64. The molecule has 1 amide bonds. The second-order valence-corrected chi connectivity index (χ2v) is 4.76. The maximum Gasteiger partial charge on any atom is 0.253 e. The fourth-order valence-electron chi connectivity index (χ4n) is 2.26. The molecular formula is C11H21N3O2. The van der Waals surface area contributed by atoms with Crippen LogP contribution in [0.3, 0.4) is 0 Å². The molecule has 0 radical (unpaired) electrons. The first-order valence-corrected chi connectivity index (χ1v) is 6.07. The number of piperidine rings is 1. The van der Waals surface area contributed by atoms with Gasteiger partial charge in [0.2, 0.25) is 0 Å². The Labute approximate surface area is 96.3 Å². The normalized spacial score (nSPS) is 32.8. The van der Waals surface area contributed by atoms with Crippen LogP contribution in [0.25, 0.3) is 0 Å². The summed E-state index contributed by atoms with van der Waals surface area (Å²) in [6, 6.07) is 0.258. The van der Waals surface area contributed by atoms with E-state index < -0.39 is 0 Å². The molecule has 0 saturated carbocycles. The number of hydrogen-bond acceptors (Lipinski definition) is 4. The summed E-state index contributed by atoms with van der Waals surface area (Å²) in [5.41, 5.74) is 5.82. The number of nitrogens with two attached hydrogens (primary N) is 1. The molecule has 5 heteroatoms. The van der Waals surface area contributed by atoms with Gasteiger partial charge in [-0.25, -0.2) is 0 Å². The molecule has 16 heavy (non-hydrogen) atoms. The summed E-state index contributed by atoms with van der Waals surface area (Å²) in [6.45, 7) is 4.99.